The molecule has 0 aliphatic carbocycles. The molecule has 0 saturated carbocycles. The first-order chi connectivity index (χ1) is 13.3. The Balaban J connectivity index is 2.20. The van der Waals surface area contributed by atoms with Gasteiger partial charge in [-0.2, -0.15) is 5.10 Å². The maximum Gasteiger partial charge on any atom is 0.275 e. The van der Waals surface area contributed by atoms with Crippen LogP contribution in [0.25, 0.3) is 0 Å². The summed E-state index contributed by atoms with van der Waals surface area (Å²) in [5, 5.41) is 4.41. The molecule has 0 atom stereocenters. The van der Waals surface area contributed by atoms with Crippen LogP contribution in [0.3, 0.4) is 0 Å². The van der Waals surface area contributed by atoms with Gasteiger partial charge in [0.15, 0.2) is 11.5 Å². The van der Waals surface area contributed by atoms with Gasteiger partial charge in [0.05, 0.1) is 36.6 Å². The topological polar surface area (TPSA) is 69.2 Å². The number of carbonyl (C=O) groups excluding carboxylic acids is 1. The molecule has 2 rings (SSSR count). The second-order valence-corrected chi connectivity index (χ2v) is 7.30. The van der Waals surface area contributed by atoms with Crippen LogP contribution in [0.2, 0.25) is 5.02 Å². The lowest BCUT2D eigenvalue weighted by Crippen LogP contribution is -2.18. The number of nitrogens with zero attached hydrogens (tertiary/aromatic N) is 1. The van der Waals surface area contributed by atoms with E-state index in [2.05, 4.69) is 26.5 Å². The number of amides is 1. The highest BCUT2D eigenvalue weighted by atomic mass is 79.9. The van der Waals surface area contributed by atoms with Crippen molar-refractivity contribution in [3.05, 3.63) is 51.0 Å². The molecule has 0 spiro atoms. The summed E-state index contributed by atoms with van der Waals surface area (Å²) in [4.78, 5) is 12.4. The molecule has 0 aliphatic rings. The predicted molar refractivity (Wildman–Crippen MR) is 114 cm³/mol. The molecule has 0 radical (unpaired) electrons. The first kappa shape index (κ1) is 22.0. The molecular formula is C20H22BrClN2O4. The molecule has 0 unspecified atom stereocenters. The van der Waals surface area contributed by atoms with Gasteiger partial charge in [-0.1, -0.05) is 27.5 Å². The molecule has 6 nitrogen and oxygen atoms in total. The van der Waals surface area contributed by atoms with Crippen molar-refractivity contribution < 1.29 is 19.0 Å². The van der Waals surface area contributed by atoms with Crippen LogP contribution in [0.4, 0.5) is 0 Å². The second-order valence-electron chi connectivity index (χ2n) is 5.97. The lowest BCUT2D eigenvalue weighted by Gasteiger charge is -2.16. The van der Waals surface area contributed by atoms with Gasteiger partial charge in [-0.05, 0) is 56.7 Å². The van der Waals surface area contributed by atoms with Crippen molar-refractivity contribution in [1.82, 2.24) is 5.43 Å². The Morgan fingerprint density at radius 1 is 1.29 bits per heavy atom. The zero-order valence-corrected chi connectivity index (χ0v) is 18.4. The molecule has 0 aliphatic heterocycles. The predicted octanol–water partition coefficient (Wildman–Crippen LogP) is 5.06. The van der Waals surface area contributed by atoms with E-state index in [9.17, 15) is 4.79 Å². The van der Waals surface area contributed by atoms with Crippen molar-refractivity contribution in [2.75, 3.05) is 13.7 Å². The molecule has 0 fully saturated rings. The van der Waals surface area contributed by atoms with Gasteiger partial charge < -0.3 is 14.2 Å². The number of hydrogen-bond donors (Lipinski definition) is 1. The largest absolute Gasteiger partial charge is 0.496 e. The quantitative estimate of drug-likeness (QED) is 0.433. The highest BCUT2D eigenvalue weighted by Gasteiger charge is 2.14. The Kier molecular flexibility index (Phi) is 8.14. The minimum absolute atomic E-state index is 0.0457. The summed E-state index contributed by atoms with van der Waals surface area (Å²) in [6.07, 6.45) is 1.44. The summed E-state index contributed by atoms with van der Waals surface area (Å²) < 4.78 is 17.3. The highest BCUT2D eigenvalue weighted by molar-refractivity contribution is 9.10. The van der Waals surface area contributed by atoms with Crippen molar-refractivity contribution in [2.45, 2.75) is 26.9 Å². The molecule has 28 heavy (non-hydrogen) atoms. The fraction of sp³-hybridized carbons (Fsp3) is 0.300. The molecule has 0 aromatic heterocycles. The second kappa shape index (κ2) is 10.3. The van der Waals surface area contributed by atoms with E-state index in [0.717, 1.165) is 4.47 Å². The Morgan fingerprint density at radius 2 is 2.04 bits per heavy atom. The zero-order chi connectivity index (χ0) is 20.7. The van der Waals surface area contributed by atoms with Crippen molar-refractivity contribution in [3.63, 3.8) is 0 Å². The lowest BCUT2D eigenvalue weighted by atomic mass is 10.2. The fourth-order valence-corrected chi connectivity index (χ4v) is 2.98. The molecule has 2 aromatic carbocycles. The molecule has 0 bridgehead atoms. The van der Waals surface area contributed by atoms with E-state index in [4.69, 9.17) is 25.8 Å². The standard InChI is InChI=1S/C20H22BrClN2O4/c1-5-27-18-9-13(8-16(22)19(18)28-12(2)3)11-23-24-20(25)15-10-14(21)6-7-17(15)26-4/h6-12H,5H2,1-4H3,(H,24,25)/b23-11-. The van der Waals surface area contributed by atoms with Gasteiger partial charge in [0.1, 0.15) is 5.75 Å². The van der Waals surface area contributed by atoms with Crippen LogP contribution in [0.5, 0.6) is 17.2 Å². The third-order valence-electron chi connectivity index (χ3n) is 3.47. The average molecular weight is 470 g/mol. The van der Waals surface area contributed by atoms with E-state index in [1.165, 1.54) is 13.3 Å². The first-order valence-corrected chi connectivity index (χ1v) is 9.82. The number of hydrogen-bond acceptors (Lipinski definition) is 5. The van der Waals surface area contributed by atoms with E-state index in [1.54, 1.807) is 30.3 Å². The van der Waals surface area contributed by atoms with Gasteiger partial charge in [0.25, 0.3) is 5.91 Å². The number of methoxy groups -OCH3 is 1. The third kappa shape index (κ3) is 5.87. The molecule has 1 amide bonds. The summed E-state index contributed by atoms with van der Waals surface area (Å²) in [6.45, 7) is 6.16. The minimum Gasteiger partial charge on any atom is -0.496 e. The van der Waals surface area contributed by atoms with Crippen LogP contribution in [-0.4, -0.2) is 31.9 Å². The van der Waals surface area contributed by atoms with Gasteiger partial charge in [-0.15, -0.1) is 0 Å². The molecule has 150 valence electrons. The van der Waals surface area contributed by atoms with Crippen LogP contribution < -0.4 is 19.6 Å². The van der Waals surface area contributed by atoms with Crippen molar-refractivity contribution in [1.29, 1.82) is 0 Å². The van der Waals surface area contributed by atoms with Gasteiger partial charge in [0, 0.05) is 4.47 Å². The van der Waals surface area contributed by atoms with E-state index >= 15 is 0 Å². The highest BCUT2D eigenvalue weighted by Crippen LogP contribution is 2.37. The number of carbonyl (C=O) groups is 1. The summed E-state index contributed by atoms with van der Waals surface area (Å²) in [7, 11) is 1.50. The number of nitrogens with one attached hydrogen (secondary N) is 1. The van der Waals surface area contributed by atoms with Crippen molar-refractivity contribution >= 4 is 39.7 Å². The SMILES string of the molecule is CCOc1cc(/C=N\NC(=O)c2cc(Br)ccc2OC)cc(Cl)c1OC(C)C. The van der Waals surface area contributed by atoms with E-state index in [-0.39, 0.29) is 6.10 Å². The van der Waals surface area contributed by atoms with Gasteiger partial charge in [-0.25, -0.2) is 5.43 Å². The Hall–Kier alpha value is -2.25. The summed E-state index contributed by atoms with van der Waals surface area (Å²) in [5.41, 5.74) is 3.50. The average Bonchev–Trinajstić information content (AvgIpc) is 2.64. The molecule has 8 heteroatoms. The molecule has 0 heterocycles. The van der Waals surface area contributed by atoms with Crippen LogP contribution in [0.1, 0.15) is 36.7 Å². The Labute approximate surface area is 177 Å². The monoisotopic (exact) mass is 468 g/mol. The normalized spacial score (nSPS) is 11.0. The van der Waals surface area contributed by atoms with Gasteiger partial charge in [0.2, 0.25) is 0 Å². The number of ether oxygens (including phenoxy) is 3. The van der Waals surface area contributed by atoms with Crippen LogP contribution in [0, 0.1) is 0 Å². The lowest BCUT2D eigenvalue weighted by molar-refractivity contribution is 0.0952. The number of benzene rings is 2. The number of halogens is 2. The Morgan fingerprint density at radius 3 is 2.68 bits per heavy atom. The van der Waals surface area contributed by atoms with Gasteiger partial charge in [-0.3, -0.25) is 4.79 Å². The zero-order valence-electron chi connectivity index (χ0n) is 16.1. The van der Waals surface area contributed by atoms with E-state index in [1.807, 2.05) is 20.8 Å². The van der Waals surface area contributed by atoms with Crippen molar-refractivity contribution in [2.24, 2.45) is 5.10 Å². The first-order valence-electron chi connectivity index (χ1n) is 8.65. The summed E-state index contributed by atoms with van der Waals surface area (Å²) >= 11 is 9.67. The van der Waals surface area contributed by atoms with Crippen LogP contribution in [0.15, 0.2) is 39.9 Å². The van der Waals surface area contributed by atoms with E-state index < -0.39 is 5.91 Å². The third-order valence-corrected chi connectivity index (χ3v) is 4.25. The fourth-order valence-electron chi connectivity index (χ4n) is 2.36. The van der Waals surface area contributed by atoms with Gasteiger partial charge >= 0.3 is 0 Å². The smallest absolute Gasteiger partial charge is 0.275 e. The number of rotatable bonds is 8. The van der Waals surface area contributed by atoms with Crippen molar-refractivity contribution in [3.8, 4) is 17.2 Å². The van der Waals surface area contributed by atoms with Crippen LogP contribution in [-0.2, 0) is 0 Å². The minimum atomic E-state index is -0.398. The maximum atomic E-state index is 12.4. The summed E-state index contributed by atoms with van der Waals surface area (Å²) in [6, 6.07) is 8.59. The molecule has 0 saturated heterocycles. The maximum absolute atomic E-state index is 12.4. The Bertz CT molecular complexity index is 872. The molecule has 1 N–H and O–H groups in total. The van der Waals surface area contributed by atoms with E-state index in [0.29, 0.717) is 40.0 Å². The molecular weight excluding hydrogens is 448 g/mol. The molecule has 2 aromatic rings. The number of hydrazone groups is 1. The van der Waals surface area contributed by atoms with Crippen LogP contribution >= 0.6 is 27.5 Å². The summed E-state index contributed by atoms with van der Waals surface area (Å²) in [5.74, 6) is 1.06.